The molecular formula is C28H34N2O4S. The molecule has 0 saturated carbocycles. The maximum absolute atomic E-state index is 10.5. The number of aromatic nitrogens is 2. The smallest absolute Gasteiger partial charge is 0.303 e. The highest BCUT2D eigenvalue weighted by Gasteiger charge is 2.11. The maximum atomic E-state index is 10.5. The Morgan fingerprint density at radius 3 is 1.91 bits per heavy atom. The topological polar surface area (TPSA) is 100 Å². The molecule has 0 spiro atoms. The van der Waals surface area contributed by atoms with E-state index in [-0.39, 0.29) is 6.42 Å². The van der Waals surface area contributed by atoms with Gasteiger partial charge in [-0.05, 0) is 24.8 Å². The van der Waals surface area contributed by atoms with E-state index in [1.807, 2.05) is 42.6 Å². The Morgan fingerprint density at radius 1 is 0.771 bits per heavy atom. The second-order valence-corrected chi connectivity index (χ2v) is 9.11. The molecule has 186 valence electrons. The molecule has 0 atom stereocenters. The number of hydrogen-bond donors (Lipinski definition) is 2. The van der Waals surface area contributed by atoms with Gasteiger partial charge in [0.15, 0.2) is 5.16 Å². The Bertz CT molecular complexity index is 1030. The van der Waals surface area contributed by atoms with Gasteiger partial charge in [-0.3, -0.25) is 9.59 Å². The highest BCUT2D eigenvalue weighted by atomic mass is 32.2. The van der Waals surface area contributed by atoms with Crippen LogP contribution in [0.1, 0.15) is 58.3 Å². The van der Waals surface area contributed by atoms with Crippen molar-refractivity contribution in [3.63, 3.8) is 0 Å². The highest BCUT2D eigenvalue weighted by molar-refractivity contribution is 7.99. The van der Waals surface area contributed by atoms with E-state index in [2.05, 4.69) is 36.2 Å². The molecule has 0 bridgehead atoms. The van der Waals surface area contributed by atoms with Crippen LogP contribution in [0, 0.1) is 0 Å². The lowest BCUT2D eigenvalue weighted by Gasteiger charge is -2.10. The molecule has 0 unspecified atom stereocenters. The number of unbranched alkanes of at least 4 members (excludes halogenated alkanes) is 4. The molecule has 0 fully saturated rings. The molecule has 1 heterocycles. The molecule has 0 aliphatic rings. The van der Waals surface area contributed by atoms with E-state index in [4.69, 9.17) is 15.2 Å². The van der Waals surface area contributed by atoms with Crippen LogP contribution in [0.15, 0.2) is 72.0 Å². The van der Waals surface area contributed by atoms with Gasteiger partial charge in [0.05, 0.1) is 5.69 Å². The van der Waals surface area contributed by atoms with Gasteiger partial charge < -0.3 is 10.2 Å². The number of hydrogen-bond acceptors (Lipinski definition) is 5. The van der Waals surface area contributed by atoms with Crippen molar-refractivity contribution < 1.29 is 19.8 Å². The average molecular weight is 495 g/mol. The number of aliphatic carboxylic acids is 2. The van der Waals surface area contributed by atoms with Crippen LogP contribution in [0.4, 0.5) is 0 Å². The van der Waals surface area contributed by atoms with Gasteiger partial charge in [0.25, 0.3) is 0 Å². The Kier molecular flexibility index (Phi) is 13.2. The zero-order chi connectivity index (χ0) is 25.3. The predicted molar refractivity (Wildman–Crippen MR) is 142 cm³/mol. The van der Waals surface area contributed by atoms with E-state index in [1.165, 1.54) is 0 Å². The largest absolute Gasteiger partial charge is 0.481 e. The van der Waals surface area contributed by atoms with Crippen LogP contribution in [0.5, 0.6) is 0 Å². The number of rotatable bonds is 13. The van der Waals surface area contributed by atoms with Gasteiger partial charge in [-0.15, -0.1) is 0 Å². The van der Waals surface area contributed by atoms with Gasteiger partial charge in [-0.25, -0.2) is 9.97 Å². The summed E-state index contributed by atoms with van der Waals surface area (Å²) < 4.78 is 0. The molecule has 35 heavy (non-hydrogen) atoms. The van der Waals surface area contributed by atoms with E-state index in [1.54, 1.807) is 11.8 Å². The van der Waals surface area contributed by atoms with Crippen molar-refractivity contribution in [2.24, 2.45) is 0 Å². The number of nitrogens with zero attached hydrogens (tertiary/aromatic N) is 2. The van der Waals surface area contributed by atoms with Crippen molar-refractivity contribution in [1.82, 2.24) is 9.97 Å². The highest BCUT2D eigenvalue weighted by Crippen LogP contribution is 2.31. The van der Waals surface area contributed by atoms with E-state index in [0.29, 0.717) is 6.42 Å². The van der Waals surface area contributed by atoms with Crippen LogP contribution in [0.3, 0.4) is 0 Å². The van der Waals surface area contributed by atoms with Crippen molar-refractivity contribution in [3.8, 4) is 22.4 Å². The molecule has 7 heteroatoms. The van der Waals surface area contributed by atoms with Gasteiger partial charge in [-0.2, -0.15) is 0 Å². The fraction of sp³-hybridized carbons (Fsp3) is 0.357. The van der Waals surface area contributed by atoms with Crippen molar-refractivity contribution in [2.45, 2.75) is 63.4 Å². The molecule has 0 amide bonds. The van der Waals surface area contributed by atoms with Gasteiger partial charge in [0.2, 0.25) is 0 Å². The van der Waals surface area contributed by atoms with Crippen LogP contribution < -0.4 is 0 Å². The maximum Gasteiger partial charge on any atom is 0.303 e. The van der Waals surface area contributed by atoms with Crippen LogP contribution in [0.25, 0.3) is 22.4 Å². The number of carboxylic acids is 2. The standard InChI is InChI=1S/C22H22N2O2S.C6H12O2/c25-20(26)14-8-3-9-15-27-22-23-16-19(17-10-4-1-5-11-17)21(24-22)18-12-6-2-7-13-18;1-2-3-4-5-6(7)8/h1-2,4-7,10-13,16H,3,8-9,14-15H2,(H,25,26);2-5H2,1H3,(H,7,8). The van der Waals surface area contributed by atoms with E-state index in [0.717, 1.165) is 71.8 Å². The summed E-state index contributed by atoms with van der Waals surface area (Å²) >= 11 is 1.62. The van der Waals surface area contributed by atoms with E-state index in [9.17, 15) is 9.59 Å². The lowest BCUT2D eigenvalue weighted by molar-refractivity contribution is -0.138. The lowest BCUT2D eigenvalue weighted by Crippen LogP contribution is -1.96. The second-order valence-electron chi connectivity index (χ2n) is 8.05. The fourth-order valence-electron chi connectivity index (χ4n) is 3.32. The second kappa shape index (κ2) is 16.4. The predicted octanol–water partition coefficient (Wildman–Crippen LogP) is 7.20. The van der Waals surface area contributed by atoms with Crippen molar-refractivity contribution in [1.29, 1.82) is 0 Å². The SMILES string of the molecule is CCCCCC(=O)O.O=C(O)CCCCCSc1ncc(-c2ccccc2)c(-c2ccccc2)n1. The minimum Gasteiger partial charge on any atom is -0.481 e. The van der Waals surface area contributed by atoms with Gasteiger partial charge in [0, 0.05) is 35.9 Å². The Morgan fingerprint density at radius 2 is 1.34 bits per heavy atom. The summed E-state index contributed by atoms with van der Waals surface area (Å²) in [7, 11) is 0. The third-order valence-electron chi connectivity index (χ3n) is 5.16. The zero-order valence-electron chi connectivity index (χ0n) is 20.2. The Labute approximate surface area is 211 Å². The molecule has 3 rings (SSSR count). The summed E-state index contributed by atoms with van der Waals surface area (Å²) in [5.74, 6) is -0.521. The summed E-state index contributed by atoms with van der Waals surface area (Å²) in [6.07, 6.45) is 8.01. The first kappa shape index (κ1) is 28.1. The third kappa shape index (κ3) is 11.2. The first-order valence-corrected chi connectivity index (χ1v) is 13.0. The number of thioether (sulfide) groups is 1. The van der Waals surface area contributed by atoms with Crippen LogP contribution >= 0.6 is 11.8 Å². The summed E-state index contributed by atoms with van der Waals surface area (Å²) in [6.45, 7) is 2.06. The molecule has 2 aromatic carbocycles. The van der Waals surface area contributed by atoms with Crippen molar-refractivity contribution in [2.75, 3.05) is 5.75 Å². The van der Waals surface area contributed by atoms with Crippen molar-refractivity contribution >= 4 is 23.7 Å². The third-order valence-corrected chi connectivity index (χ3v) is 6.11. The zero-order valence-corrected chi connectivity index (χ0v) is 21.0. The number of benzene rings is 2. The fourth-order valence-corrected chi connectivity index (χ4v) is 4.14. The molecule has 0 radical (unpaired) electrons. The molecule has 0 aliphatic heterocycles. The van der Waals surface area contributed by atoms with Crippen LogP contribution in [0.2, 0.25) is 0 Å². The van der Waals surface area contributed by atoms with Gasteiger partial charge in [0.1, 0.15) is 0 Å². The molecule has 0 saturated heterocycles. The first-order valence-electron chi connectivity index (χ1n) is 12.1. The Hall–Kier alpha value is -3.19. The number of carboxylic acid groups (broad SMARTS) is 2. The lowest BCUT2D eigenvalue weighted by atomic mass is 10.0. The quantitative estimate of drug-likeness (QED) is 0.147. The normalized spacial score (nSPS) is 10.3. The first-order chi connectivity index (χ1) is 17.0. The van der Waals surface area contributed by atoms with Crippen LogP contribution in [-0.4, -0.2) is 37.9 Å². The molecule has 0 aliphatic carbocycles. The van der Waals surface area contributed by atoms with Gasteiger partial charge in [-0.1, -0.05) is 98.6 Å². The number of carbonyl (C=O) groups is 2. The summed E-state index contributed by atoms with van der Waals surface area (Å²) in [6, 6.07) is 20.3. The average Bonchev–Trinajstić information content (AvgIpc) is 2.87. The van der Waals surface area contributed by atoms with E-state index >= 15 is 0 Å². The molecule has 3 aromatic rings. The van der Waals surface area contributed by atoms with Crippen molar-refractivity contribution in [3.05, 3.63) is 66.9 Å². The molecule has 1 aromatic heterocycles. The molecular weight excluding hydrogens is 460 g/mol. The van der Waals surface area contributed by atoms with Gasteiger partial charge >= 0.3 is 11.9 Å². The van der Waals surface area contributed by atoms with Crippen LogP contribution in [-0.2, 0) is 9.59 Å². The monoisotopic (exact) mass is 494 g/mol. The summed E-state index contributed by atoms with van der Waals surface area (Å²) in [5, 5.41) is 17.6. The Balaban J connectivity index is 0.000000466. The minimum absolute atomic E-state index is 0.241. The molecule has 6 nitrogen and oxygen atoms in total. The molecule has 2 N–H and O–H groups in total. The minimum atomic E-state index is -0.727. The van der Waals surface area contributed by atoms with E-state index < -0.39 is 11.9 Å². The summed E-state index contributed by atoms with van der Waals surface area (Å²) in [4.78, 5) is 29.8. The summed E-state index contributed by atoms with van der Waals surface area (Å²) in [5.41, 5.74) is 4.13.